The topological polar surface area (TPSA) is 91.2 Å². The number of aromatic hydroxyl groups is 1. The maximum atomic E-state index is 12.1. The Morgan fingerprint density at radius 3 is 2.69 bits per heavy atom. The predicted molar refractivity (Wildman–Crippen MR) is 136 cm³/mol. The molecule has 0 aromatic heterocycles. The van der Waals surface area contributed by atoms with Gasteiger partial charge in [0.25, 0.3) is 5.91 Å². The Morgan fingerprint density at radius 2 is 1.89 bits per heavy atom. The Balaban J connectivity index is 1.14. The number of nitrogens with zero attached hydrogens (tertiary/aromatic N) is 1. The van der Waals surface area contributed by atoms with Crippen molar-refractivity contribution in [2.45, 2.75) is 77.7 Å². The van der Waals surface area contributed by atoms with Crippen LogP contribution in [0.15, 0.2) is 41.1 Å². The summed E-state index contributed by atoms with van der Waals surface area (Å²) in [6.45, 7) is 5.24. The lowest BCUT2D eigenvalue weighted by Gasteiger charge is -2.57. The van der Waals surface area contributed by atoms with Gasteiger partial charge >= 0.3 is 0 Å². The molecule has 4 aliphatic rings. The van der Waals surface area contributed by atoms with Gasteiger partial charge in [-0.2, -0.15) is 0 Å². The smallest absolute Gasteiger partial charge is 0.260 e. The third-order valence-electron chi connectivity index (χ3n) is 9.98. The minimum atomic E-state index is -0.175. The molecule has 6 heteroatoms. The van der Waals surface area contributed by atoms with Gasteiger partial charge < -0.3 is 20.4 Å². The van der Waals surface area contributed by atoms with E-state index in [2.05, 4.69) is 30.4 Å². The zero-order chi connectivity index (χ0) is 24.6. The van der Waals surface area contributed by atoms with E-state index in [0.717, 1.165) is 49.3 Å². The SMILES string of the molecule is C[C@]12CCC(=NOCC(=O)NCCc3ccc(O)cc3)C=C1CCC1C2CC[C@@]2(C)C1CC[C@H]2O. The van der Waals surface area contributed by atoms with E-state index in [4.69, 9.17) is 4.84 Å². The van der Waals surface area contributed by atoms with Gasteiger partial charge in [-0.15, -0.1) is 0 Å². The van der Waals surface area contributed by atoms with E-state index in [0.29, 0.717) is 24.8 Å². The van der Waals surface area contributed by atoms with Gasteiger partial charge in [-0.3, -0.25) is 4.79 Å². The van der Waals surface area contributed by atoms with Crippen LogP contribution in [0, 0.1) is 28.6 Å². The molecule has 6 atom stereocenters. The monoisotopic (exact) mass is 480 g/mol. The van der Waals surface area contributed by atoms with Crippen LogP contribution in [0.1, 0.15) is 70.8 Å². The summed E-state index contributed by atoms with van der Waals surface area (Å²) in [4.78, 5) is 17.6. The number of phenolic OH excluding ortho intramolecular Hbond substituents is 1. The molecular weight excluding hydrogens is 440 g/mol. The van der Waals surface area contributed by atoms with Crippen molar-refractivity contribution in [3.05, 3.63) is 41.5 Å². The van der Waals surface area contributed by atoms with Crippen LogP contribution >= 0.6 is 0 Å². The fraction of sp³-hybridized carbons (Fsp3) is 0.655. The van der Waals surface area contributed by atoms with Crippen LogP contribution < -0.4 is 5.32 Å². The van der Waals surface area contributed by atoms with Gasteiger partial charge in [0.1, 0.15) is 5.75 Å². The van der Waals surface area contributed by atoms with E-state index in [9.17, 15) is 15.0 Å². The number of rotatable bonds is 6. The lowest BCUT2D eigenvalue weighted by atomic mass is 9.47. The fourth-order valence-corrected chi connectivity index (χ4v) is 7.85. The molecule has 0 heterocycles. The molecule has 0 bridgehead atoms. The number of amides is 1. The lowest BCUT2D eigenvalue weighted by molar-refractivity contribution is -0.125. The van der Waals surface area contributed by atoms with Crippen LogP contribution in [0.3, 0.4) is 0 Å². The van der Waals surface area contributed by atoms with Crippen molar-refractivity contribution in [3.8, 4) is 5.75 Å². The van der Waals surface area contributed by atoms with Crippen LogP contribution in [-0.2, 0) is 16.1 Å². The standard InChI is InChI=1S/C29H40N2O4/c1-28-14-11-21(31-35-18-27(34)30-16-13-19-3-6-22(32)7-4-19)17-20(28)5-8-23-24-9-10-26(33)29(24,2)15-12-25(23)28/h3-4,6-7,17,23-26,32-33H,5,8-16,18H2,1-2H3,(H,30,34)/t23?,24?,25?,26-,28+,29+/m1/s1. The number of allylic oxidation sites excluding steroid dienone is 2. The minimum Gasteiger partial charge on any atom is -0.508 e. The minimum absolute atomic E-state index is 0.0766. The lowest BCUT2D eigenvalue weighted by Crippen LogP contribution is -2.51. The first kappa shape index (κ1) is 24.4. The number of hydrogen-bond donors (Lipinski definition) is 3. The molecule has 0 radical (unpaired) electrons. The maximum absolute atomic E-state index is 12.1. The van der Waals surface area contributed by atoms with Crippen molar-refractivity contribution in [2.24, 2.45) is 33.7 Å². The van der Waals surface area contributed by atoms with Gasteiger partial charge in [-0.1, -0.05) is 36.7 Å². The van der Waals surface area contributed by atoms with E-state index < -0.39 is 0 Å². The largest absolute Gasteiger partial charge is 0.508 e. The summed E-state index contributed by atoms with van der Waals surface area (Å²) in [5.74, 6) is 2.17. The number of aliphatic hydroxyl groups is 1. The zero-order valence-corrected chi connectivity index (χ0v) is 21.1. The molecule has 0 saturated heterocycles. The highest BCUT2D eigenvalue weighted by Crippen LogP contribution is 2.65. The van der Waals surface area contributed by atoms with Gasteiger partial charge in [-0.05, 0) is 110 Å². The molecule has 6 nitrogen and oxygen atoms in total. The van der Waals surface area contributed by atoms with Gasteiger partial charge in [0.2, 0.25) is 0 Å². The molecule has 1 amide bonds. The third-order valence-corrected chi connectivity index (χ3v) is 9.98. The summed E-state index contributed by atoms with van der Waals surface area (Å²) >= 11 is 0. The third kappa shape index (κ3) is 4.62. The molecule has 5 rings (SSSR count). The Bertz CT molecular complexity index is 1000. The molecule has 1 aromatic rings. The summed E-state index contributed by atoms with van der Waals surface area (Å²) in [6.07, 6.45) is 11.7. The Labute approximate surface area is 208 Å². The second-order valence-corrected chi connectivity index (χ2v) is 11.8. The highest BCUT2D eigenvalue weighted by molar-refractivity contribution is 5.96. The molecule has 0 aliphatic heterocycles. The highest BCUT2D eigenvalue weighted by atomic mass is 16.6. The van der Waals surface area contributed by atoms with E-state index in [1.165, 1.54) is 24.8 Å². The number of oxime groups is 1. The van der Waals surface area contributed by atoms with Crippen LogP contribution in [0.25, 0.3) is 0 Å². The summed E-state index contributed by atoms with van der Waals surface area (Å²) in [6, 6.07) is 7.00. The van der Waals surface area contributed by atoms with E-state index in [-0.39, 0.29) is 35.2 Å². The first-order valence-electron chi connectivity index (χ1n) is 13.4. The van der Waals surface area contributed by atoms with Crippen molar-refractivity contribution < 1.29 is 19.8 Å². The molecular formula is C29H40N2O4. The van der Waals surface area contributed by atoms with Crippen LogP contribution in [0.5, 0.6) is 5.75 Å². The van der Waals surface area contributed by atoms with Crippen LogP contribution in [0.2, 0.25) is 0 Å². The molecule has 1 aromatic carbocycles. The van der Waals surface area contributed by atoms with Crippen molar-refractivity contribution >= 4 is 11.6 Å². The van der Waals surface area contributed by atoms with E-state index in [1.54, 1.807) is 12.1 Å². The summed E-state index contributed by atoms with van der Waals surface area (Å²) in [5, 5.41) is 27.2. The first-order chi connectivity index (χ1) is 16.8. The Morgan fingerprint density at radius 1 is 1.09 bits per heavy atom. The Kier molecular flexibility index (Phi) is 6.69. The molecule has 35 heavy (non-hydrogen) atoms. The average molecular weight is 481 g/mol. The highest BCUT2D eigenvalue weighted by Gasteiger charge is 2.58. The quantitative estimate of drug-likeness (QED) is 0.513. The summed E-state index contributed by atoms with van der Waals surface area (Å²) in [7, 11) is 0. The second kappa shape index (κ2) is 9.61. The second-order valence-electron chi connectivity index (χ2n) is 11.8. The number of fused-ring (bicyclic) bond motifs is 5. The molecule has 0 spiro atoms. The van der Waals surface area contributed by atoms with Crippen molar-refractivity contribution in [2.75, 3.05) is 13.2 Å². The van der Waals surface area contributed by atoms with Crippen LogP contribution in [0.4, 0.5) is 0 Å². The number of phenols is 1. The number of benzene rings is 1. The van der Waals surface area contributed by atoms with Crippen molar-refractivity contribution in [1.29, 1.82) is 0 Å². The van der Waals surface area contributed by atoms with Gasteiger partial charge in [0.05, 0.1) is 11.8 Å². The zero-order valence-electron chi connectivity index (χ0n) is 21.1. The summed E-state index contributed by atoms with van der Waals surface area (Å²) < 4.78 is 0. The summed E-state index contributed by atoms with van der Waals surface area (Å²) in [5.41, 5.74) is 3.86. The van der Waals surface area contributed by atoms with Crippen molar-refractivity contribution in [3.63, 3.8) is 0 Å². The number of aliphatic hydroxyl groups excluding tert-OH is 1. The maximum Gasteiger partial charge on any atom is 0.260 e. The average Bonchev–Trinajstić information content (AvgIpc) is 3.15. The van der Waals surface area contributed by atoms with Gasteiger partial charge in [-0.25, -0.2) is 0 Å². The van der Waals surface area contributed by atoms with Gasteiger partial charge in [0, 0.05) is 6.54 Å². The van der Waals surface area contributed by atoms with Crippen molar-refractivity contribution in [1.82, 2.24) is 5.32 Å². The molecule has 4 aliphatic carbocycles. The normalized spacial score (nSPS) is 37.1. The molecule has 3 saturated carbocycles. The van der Waals surface area contributed by atoms with Gasteiger partial charge in [0.15, 0.2) is 6.61 Å². The first-order valence-corrected chi connectivity index (χ1v) is 13.4. The number of carbonyl (C=O) groups excluding carboxylic acids is 1. The Hall–Kier alpha value is -2.34. The number of hydrogen-bond acceptors (Lipinski definition) is 5. The van der Waals surface area contributed by atoms with E-state index in [1.807, 2.05) is 12.1 Å². The number of carbonyl (C=O) groups is 1. The molecule has 190 valence electrons. The molecule has 3 fully saturated rings. The molecule has 3 unspecified atom stereocenters. The van der Waals surface area contributed by atoms with Crippen LogP contribution in [-0.4, -0.2) is 41.1 Å². The molecule has 3 N–H and O–H groups in total. The van der Waals surface area contributed by atoms with E-state index >= 15 is 0 Å². The fourth-order valence-electron chi connectivity index (χ4n) is 7.85. The predicted octanol–water partition coefficient (Wildman–Crippen LogP) is 4.75. The number of nitrogens with one attached hydrogen (secondary N) is 1.